The molecule has 0 radical (unpaired) electrons. The number of anilines is 2. The van der Waals surface area contributed by atoms with E-state index >= 15 is 0 Å². The fourth-order valence-electron chi connectivity index (χ4n) is 2.82. The van der Waals surface area contributed by atoms with Crippen molar-refractivity contribution in [3.63, 3.8) is 0 Å². The molecule has 0 bridgehead atoms. The van der Waals surface area contributed by atoms with Crippen LogP contribution in [-0.4, -0.2) is 31.6 Å². The molecule has 2 amide bonds. The molecule has 1 N–H and O–H groups in total. The van der Waals surface area contributed by atoms with Gasteiger partial charge in [0, 0.05) is 5.69 Å². The average molecular weight is 340 g/mol. The van der Waals surface area contributed by atoms with Gasteiger partial charge in [0.25, 0.3) is 5.91 Å². The van der Waals surface area contributed by atoms with E-state index in [9.17, 15) is 9.59 Å². The number of hydrogen-bond donors (Lipinski definition) is 1. The Bertz CT molecular complexity index is 819. The number of benzene rings is 2. The number of aryl methyl sites for hydroxylation is 1. The van der Waals surface area contributed by atoms with Crippen molar-refractivity contribution in [2.24, 2.45) is 0 Å². The van der Waals surface area contributed by atoms with E-state index in [2.05, 4.69) is 5.32 Å². The second-order valence-corrected chi connectivity index (χ2v) is 5.88. The van der Waals surface area contributed by atoms with Gasteiger partial charge in [-0.1, -0.05) is 12.1 Å². The number of methoxy groups -OCH3 is 1. The summed E-state index contributed by atoms with van der Waals surface area (Å²) in [6.07, 6.45) is -0.620. The lowest BCUT2D eigenvalue weighted by molar-refractivity contribution is -0.127. The first-order chi connectivity index (χ1) is 12.0. The van der Waals surface area contributed by atoms with Gasteiger partial charge in [0.15, 0.2) is 6.10 Å². The number of carbonyl (C=O) groups excluding carboxylic acids is 2. The number of para-hydroxylation sites is 2. The number of amides is 2. The quantitative estimate of drug-likeness (QED) is 0.929. The third kappa shape index (κ3) is 3.42. The molecule has 1 heterocycles. The first-order valence-electron chi connectivity index (χ1n) is 8.01. The number of nitrogens with zero attached hydrogens (tertiary/aromatic N) is 1. The highest BCUT2D eigenvalue weighted by Crippen LogP contribution is 2.33. The molecule has 6 heteroatoms. The summed E-state index contributed by atoms with van der Waals surface area (Å²) in [5, 5.41) is 2.82. The van der Waals surface area contributed by atoms with E-state index in [1.165, 1.54) is 4.90 Å². The summed E-state index contributed by atoms with van der Waals surface area (Å²) in [6.45, 7) is 3.50. The summed E-state index contributed by atoms with van der Waals surface area (Å²) in [4.78, 5) is 26.3. The third-order valence-corrected chi connectivity index (χ3v) is 4.05. The smallest absolute Gasteiger partial charge is 0.268 e. The van der Waals surface area contributed by atoms with Gasteiger partial charge >= 0.3 is 0 Å². The van der Waals surface area contributed by atoms with Gasteiger partial charge in [0.1, 0.15) is 18.0 Å². The molecule has 25 heavy (non-hydrogen) atoms. The number of carbonyl (C=O) groups is 2. The maximum atomic E-state index is 12.4. The highest BCUT2D eigenvalue weighted by atomic mass is 16.5. The van der Waals surface area contributed by atoms with Crippen LogP contribution >= 0.6 is 0 Å². The standard InChI is InChI=1S/C19H20N2O4/c1-12-10-14(8-9-16(12)24-3)20-18(22)11-21-15-6-4-5-7-17(15)25-13(2)19(21)23/h4-10,13H,11H2,1-3H3,(H,20,22). The van der Waals surface area contributed by atoms with Gasteiger partial charge in [0.2, 0.25) is 5.91 Å². The number of ether oxygens (including phenoxy) is 2. The van der Waals surface area contributed by atoms with E-state index in [0.29, 0.717) is 17.1 Å². The van der Waals surface area contributed by atoms with Crippen LogP contribution in [0.5, 0.6) is 11.5 Å². The number of rotatable bonds is 4. The first kappa shape index (κ1) is 16.8. The summed E-state index contributed by atoms with van der Waals surface area (Å²) in [6, 6.07) is 12.6. The lowest BCUT2D eigenvalue weighted by Gasteiger charge is -2.32. The van der Waals surface area contributed by atoms with Crippen LogP contribution in [0, 0.1) is 6.92 Å². The van der Waals surface area contributed by atoms with Gasteiger partial charge < -0.3 is 14.8 Å². The molecule has 1 unspecified atom stereocenters. The Balaban J connectivity index is 1.76. The number of nitrogens with one attached hydrogen (secondary N) is 1. The maximum Gasteiger partial charge on any atom is 0.268 e. The number of fused-ring (bicyclic) bond motifs is 1. The molecule has 0 fully saturated rings. The summed E-state index contributed by atoms with van der Waals surface area (Å²) in [5.41, 5.74) is 2.18. The van der Waals surface area contributed by atoms with Crippen LogP contribution in [-0.2, 0) is 9.59 Å². The van der Waals surface area contributed by atoms with E-state index in [-0.39, 0.29) is 18.4 Å². The molecule has 0 saturated carbocycles. The molecular formula is C19H20N2O4. The van der Waals surface area contributed by atoms with E-state index in [0.717, 1.165) is 11.3 Å². The fourth-order valence-corrected chi connectivity index (χ4v) is 2.82. The molecule has 1 aliphatic rings. The topological polar surface area (TPSA) is 67.9 Å². The van der Waals surface area contributed by atoms with Crippen molar-refractivity contribution in [3.8, 4) is 11.5 Å². The van der Waals surface area contributed by atoms with Gasteiger partial charge in [-0.15, -0.1) is 0 Å². The molecule has 2 aromatic rings. The Morgan fingerprint density at radius 3 is 2.76 bits per heavy atom. The van der Waals surface area contributed by atoms with E-state index in [1.54, 1.807) is 38.3 Å². The monoisotopic (exact) mass is 340 g/mol. The SMILES string of the molecule is COc1ccc(NC(=O)CN2C(=O)C(C)Oc3ccccc32)cc1C. The van der Waals surface area contributed by atoms with Gasteiger partial charge in [0.05, 0.1) is 12.8 Å². The van der Waals surface area contributed by atoms with E-state index in [1.807, 2.05) is 25.1 Å². The zero-order valence-corrected chi connectivity index (χ0v) is 14.4. The minimum Gasteiger partial charge on any atom is -0.496 e. The van der Waals surface area contributed by atoms with Crippen LogP contribution in [0.1, 0.15) is 12.5 Å². The molecule has 2 aromatic carbocycles. The van der Waals surface area contributed by atoms with Crippen LogP contribution in [0.4, 0.5) is 11.4 Å². The van der Waals surface area contributed by atoms with Crippen molar-refractivity contribution in [3.05, 3.63) is 48.0 Å². The van der Waals surface area contributed by atoms with Crippen molar-refractivity contribution in [2.45, 2.75) is 20.0 Å². The molecule has 0 aliphatic carbocycles. The summed E-state index contributed by atoms with van der Waals surface area (Å²) in [7, 11) is 1.60. The predicted octanol–water partition coefficient (Wildman–Crippen LogP) is 2.76. The van der Waals surface area contributed by atoms with Crippen LogP contribution in [0.15, 0.2) is 42.5 Å². The Morgan fingerprint density at radius 2 is 2.04 bits per heavy atom. The average Bonchev–Trinajstić information content (AvgIpc) is 2.59. The largest absolute Gasteiger partial charge is 0.496 e. The van der Waals surface area contributed by atoms with Crippen molar-refractivity contribution in [1.82, 2.24) is 0 Å². The zero-order chi connectivity index (χ0) is 18.0. The minimum atomic E-state index is -0.620. The molecule has 0 saturated heterocycles. The molecular weight excluding hydrogens is 320 g/mol. The minimum absolute atomic E-state index is 0.0748. The van der Waals surface area contributed by atoms with Crippen molar-refractivity contribution in [2.75, 3.05) is 23.9 Å². The molecule has 3 rings (SSSR count). The lowest BCUT2D eigenvalue weighted by Crippen LogP contribution is -2.47. The van der Waals surface area contributed by atoms with E-state index < -0.39 is 6.10 Å². The predicted molar refractivity (Wildman–Crippen MR) is 95.2 cm³/mol. The highest BCUT2D eigenvalue weighted by molar-refractivity contribution is 6.06. The van der Waals surface area contributed by atoms with Gasteiger partial charge in [-0.3, -0.25) is 14.5 Å². The fraction of sp³-hybridized carbons (Fsp3) is 0.263. The normalized spacial score (nSPS) is 16.0. The Hall–Kier alpha value is -3.02. The van der Waals surface area contributed by atoms with Gasteiger partial charge in [-0.2, -0.15) is 0 Å². The molecule has 130 valence electrons. The molecule has 6 nitrogen and oxygen atoms in total. The second-order valence-electron chi connectivity index (χ2n) is 5.88. The Kier molecular flexibility index (Phi) is 4.61. The summed E-state index contributed by atoms with van der Waals surface area (Å²) in [5.74, 6) is 0.841. The third-order valence-electron chi connectivity index (χ3n) is 4.05. The Labute approximate surface area is 146 Å². The highest BCUT2D eigenvalue weighted by Gasteiger charge is 2.32. The molecule has 0 spiro atoms. The molecule has 1 atom stereocenters. The summed E-state index contributed by atoms with van der Waals surface area (Å²) < 4.78 is 10.8. The van der Waals surface area contributed by atoms with Crippen LogP contribution in [0.3, 0.4) is 0 Å². The van der Waals surface area contributed by atoms with Crippen molar-refractivity contribution < 1.29 is 19.1 Å². The second kappa shape index (κ2) is 6.84. The van der Waals surface area contributed by atoms with Gasteiger partial charge in [-0.05, 0) is 49.7 Å². The van der Waals surface area contributed by atoms with Gasteiger partial charge in [-0.25, -0.2) is 0 Å². The Morgan fingerprint density at radius 1 is 1.28 bits per heavy atom. The van der Waals surface area contributed by atoms with Crippen LogP contribution < -0.4 is 19.7 Å². The van der Waals surface area contributed by atoms with Crippen molar-refractivity contribution in [1.29, 1.82) is 0 Å². The first-order valence-corrected chi connectivity index (χ1v) is 8.01. The van der Waals surface area contributed by atoms with Crippen molar-refractivity contribution >= 4 is 23.2 Å². The summed E-state index contributed by atoms with van der Waals surface area (Å²) >= 11 is 0. The van der Waals surface area contributed by atoms with Crippen LogP contribution in [0.2, 0.25) is 0 Å². The van der Waals surface area contributed by atoms with E-state index in [4.69, 9.17) is 9.47 Å². The lowest BCUT2D eigenvalue weighted by atomic mass is 10.2. The number of hydrogen-bond acceptors (Lipinski definition) is 4. The zero-order valence-electron chi connectivity index (χ0n) is 14.4. The molecule has 0 aromatic heterocycles. The molecule has 1 aliphatic heterocycles. The van der Waals surface area contributed by atoms with Crippen LogP contribution in [0.25, 0.3) is 0 Å². The maximum absolute atomic E-state index is 12.4.